The quantitative estimate of drug-likeness (QED) is 0.847. The summed E-state index contributed by atoms with van der Waals surface area (Å²) in [6.45, 7) is 3.95. The van der Waals surface area contributed by atoms with Crippen molar-refractivity contribution in [1.82, 2.24) is 0 Å². The molecule has 108 valence electrons. The van der Waals surface area contributed by atoms with Gasteiger partial charge in [-0.25, -0.2) is 8.42 Å². The van der Waals surface area contributed by atoms with Crippen molar-refractivity contribution in [2.75, 3.05) is 23.4 Å². The second kappa shape index (κ2) is 6.45. The molecule has 0 spiro atoms. The monoisotopic (exact) mass is 306 g/mol. The highest BCUT2D eigenvalue weighted by Crippen LogP contribution is 2.26. The number of halogens is 1. The number of rotatable bonds is 6. The van der Waals surface area contributed by atoms with Crippen LogP contribution in [0.5, 0.6) is 0 Å². The number of sulfonamides is 1. The molecule has 7 heteroatoms. The van der Waals surface area contributed by atoms with Crippen molar-refractivity contribution in [1.29, 1.82) is 0 Å². The normalized spacial score (nSPS) is 14.8. The van der Waals surface area contributed by atoms with E-state index in [-0.39, 0.29) is 12.1 Å². The van der Waals surface area contributed by atoms with E-state index in [1.807, 2.05) is 13.8 Å². The molecule has 0 bridgehead atoms. The van der Waals surface area contributed by atoms with E-state index in [9.17, 15) is 8.42 Å². The van der Waals surface area contributed by atoms with Crippen LogP contribution in [0, 0.1) is 0 Å². The van der Waals surface area contributed by atoms with Gasteiger partial charge in [0.25, 0.3) is 0 Å². The molecular weight excluding hydrogens is 288 g/mol. The number of hydrogen-bond donors (Lipinski definition) is 2. The van der Waals surface area contributed by atoms with Crippen LogP contribution in [-0.4, -0.2) is 33.9 Å². The minimum absolute atomic E-state index is 0.0487. The highest BCUT2D eigenvalue weighted by molar-refractivity contribution is 7.92. The lowest BCUT2D eigenvalue weighted by Crippen LogP contribution is -2.29. The summed E-state index contributed by atoms with van der Waals surface area (Å²) in [6, 6.07) is 5.16. The number of ether oxygens (including phenoxy) is 1. The molecule has 0 aliphatic heterocycles. The molecule has 19 heavy (non-hydrogen) atoms. The minimum Gasteiger partial charge on any atom is -0.380 e. The second-order valence-corrected chi connectivity index (χ2v) is 6.60. The average molecular weight is 307 g/mol. The lowest BCUT2D eigenvalue weighted by Gasteiger charge is -2.21. The van der Waals surface area contributed by atoms with Gasteiger partial charge in [0.05, 0.1) is 23.1 Å². The predicted octanol–water partition coefficient (Wildman–Crippen LogP) is 2.55. The number of methoxy groups -OCH3 is 1. The Labute approximate surface area is 119 Å². The molecule has 0 amide bonds. The predicted molar refractivity (Wildman–Crippen MR) is 79.5 cm³/mol. The Balaban J connectivity index is 2.82. The van der Waals surface area contributed by atoms with Crippen LogP contribution in [0.4, 0.5) is 11.4 Å². The van der Waals surface area contributed by atoms with Gasteiger partial charge in [-0.2, -0.15) is 0 Å². The first kappa shape index (κ1) is 16.1. The summed E-state index contributed by atoms with van der Waals surface area (Å²) in [5, 5.41) is 3.58. The van der Waals surface area contributed by atoms with Gasteiger partial charge in [0.1, 0.15) is 0 Å². The van der Waals surface area contributed by atoms with Crippen LogP contribution in [0.3, 0.4) is 0 Å². The zero-order valence-corrected chi connectivity index (χ0v) is 13.0. The van der Waals surface area contributed by atoms with Crippen LogP contribution in [0.25, 0.3) is 0 Å². The molecule has 1 aromatic rings. The average Bonchev–Trinajstić information content (AvgIpc) is 2.30. The molecule has 1 rings (SSSR count). The van der Waals surface area contributed by atoms with Crippen molar-refractivity contribution in [3.8, 4) is 0 Å². The van der Waals surface area contributed by atoms with Crippen molar-refractivity contribution >= 4 is 33.0 Å². The standard InChI is InChI=1S/C12H19ClN2O3S/c1-8(9(2)18-3)14-10-5-6-12(11(13)7-10)15-19(4,16)17/h5-9,14-15H,1-4H3. The molecule has 0 saturated carbocycles. The van der Waals surface area contributed by atoms with Crippen LogP contribution in [0.2, 0.25) is 5.02 Å². The third kappa shape index (κ3) is 5.26. The SMILES string of the molecule is COC(C)C(C)Nc1ccc(NS(C)(=O)=O)c(Cl)c1. The molecule has 0 saturated heterocycles. The summed E-state index contributed by atoms with van der Waals surface area (Å²) < 4.78 is 29.9. The summed E-state index contributed by atoms with van der Waals surface area (Å²) in [5.74, 6) is 0. The summed E-state index contributed by atoms with van der Waals surface area (Å²) in [7, 11) is -1.68. The largest absolute Gasteiger partial charge is 0.380 e. The van der Waals surface area contributed by atoms with E-state index in [0.717, 1.165) is 11.9 Å². The Kier molecular flexibility index (Phi) is 5.46. The van der Waals surface area contributed by atoms with Crippen molar-refractivity contribution in [2.45, 2.75) is 26.0 Å². The Morgan fingerprint density at radius 2 is 1.95 bits per heavy atom. The van der Waals surface area contributed by atoms with Crippen LogP contribution in [0.15, 0.2) is 18.2 Å². The van der Waals surface area contributed by atoms with E-state index in [4.69, 9.17) is 16.3 Å². The summed E-state index contributed by atoms with van der Waals surface area (Å²) in [5.41, 5.74) is 1.17. The zero-order chi connectivity index (χ0) is 14.6. The fraction of sp³-hybridized carbons (Fsp3) is 0.500. The summed E-state index contributed by atoms with van der Waals surface area (Å²) in [6.07, 6.45) is 1.13. The molecule has 0 aromatic heterocycles. The Morgan fingerprint density at radius 3 is 2.42 bits per heavy atom. The van der Waals surface area contributed by atoms with E-state index >= 15 is 0 Å². The molecule has 5 nitrogen and oxygen atoms in total. The molecule has 0 radical (unpaired) electrons. The Morgan fingerprint density at radius 1 is 1.32 bits per heavy atom. The van der Waals surface area contributed by atoms with E-state index in [0.29, 0.717) is 10.7 Å². The van der Waals surface area contributed by atoms with Gasteiger partial charge in [-0.3, -0.25) is 4.72 Å². The Bertz CT molecular complexity index is 534. The smallest absolute Gasteiger partial charge is 0.229 e. The maximum atomic E-state index is 11.1. The van der Waals surface area contributed by atoms with Gasteiger partial charge in [-0.05, 0) is 32.0 Å². The van der Waals surface area contributed by atoms with E-state index < -0.39 is 10.0 Å². The first-order chi connectivity index (χ1) is 8.73. The van der Waals surface area contributed by atoms with Gasteiger partial charge in [0, 0.05) is 18.8 Å². The Hall–Kier alpha value is -0.980. The molecule has 0 heterocycles. The van der Waals surface area contributed by atoms with Crippen molar-refractivity contribution < 1.29 is 13.2 Å². The first-order valence-electron chi connectivity index (χ1n) is 5.79. The fourth-order valence-electron chi connectivity index (χ4n) is 1.47. The molecule has 0 aliphatic rings. The molecule has 2 atom stereocenters. The van der Waals surface area contributed by atoms with E-state index in [2.05, 4.69) is 10.0 Å². The van der Waals surface area contributed by atoms with Gasteiger partial charge in [-0.1, -0.05) is 11.6 Å². The minimum atomic E-state index is -3.33. The highest BCUT2D eigenvalue weighted by atomic mass is 35.5. The van der Waals surface area contributed by atoms with Crippen LogP contribution in [0.1, 0.15) is 13.8 Å². The first-order valence-corrected chi connectivity index (χ1v) is 8.06. The number of anilines is 2. The molecular formula is C12H19ClN2O3S. The third-order valence-electron chi connectivity index (χ3n) is 2.73. The van der Waals surface area contributed by atoms with E-state index in [1.165, 1.54) is 0 Å². The highest BCUT2D eigenvalue weighted by Gasteiger charge is 2.12. The van der Waals surface area contributed by atoms with Gasteiger partial charge >= 0.3 is 0 Å². The maximum Gasteiger partial charge on any atom is 0.229 e. The van der Waals surface area contributed by atoms with Gasteiger partial charge in [0.15, 0.2) is 0 Å². The van der Waals surface area contributed by atoms with E-state index in [1.54, 1.807) is 25.3 Å². The van der Waals surface area contributed by atoms with Crippen LogP contribution >= 0.6 is 11.6 Å². The van der Waals surface area contributed by atoms with Gasteiger partial charge < -0.3 is 10.1 Å². The number of hydrogen-bond acceptors (Lipinski definition) is 4. The summed E-state index contributed by atoms with van der Waals surface area (Å²) in [4.78, 5) is 0. The second-order valence-electron chi connectivity index (χ2n) is 4.44. The number of nitrogens with one attached hydrogen (secondary N) is 2. The van der Waals surface area contributed by atoms with Gasteiger partial charge in [-0.15, -0.1) is 0 Å². The lowest BCUT2D eigenvalue weighted by atomic mass is 10.2. The molecule has 1 aromatic carbocycles. The van der Waals surface area contributed by atoms with Crippen molar-refractivity contribution in [3.05, 3.63) is 23.2 Å². The molecule has 2 unspecified atom stereocenters. The lowest BCUT2D eigenvalue weighted by molar-refractivity contribution is 0.106. The van der Waals surface area contributed by atoms with Crippen LogP contribution < -0.4 is 10.0 Å². The van der Waals surface area contributed by atoms with Crippen molar-refractivity contribution in [2.24, 2.45) is 0 Å². The zero-order valence-electron chi connectivity index (χ0n) is 11.4. The third-order valence-corrected chi connectivity index (χ3v) is 3.64. The molecule has 2 N–H and O–H groups in total. The topological polar surface area (TPSA) is 67.4 Å². The summed E-state index contributed by atoms with van der Waals surface area (Å²) >= 11 is 6.03. The van der Waals surface area contributed by atoms with Gasteiger partial charge in [0.2, 0.25) is 10.0 Å². The van der Waals surface area contributed by atoms with Crippen molar-refractivity contribution in [3.63, 3.8) is 0 Å². The molecule has 0 fully saturated rings. The molecule has 0 aliphatic carbocycles. The van der Waals surface area contributed by atoms with Crippen LogP contribution in [-0.2, 0) is 14.8 Å². The fourth-order valence-corrected chi connectivity index (χ4v) is 2.33. The number of benzene rings is 1. The maximum absolute atomic E-state index is 11.1.